The van der Waals surface area contributed by atoms with Gasteiger partial charge in [0, 0.05) is 23.2 Å². The van der Waals surface area contributed by atoms with Crippen LogP contribution in [0.1, 0.15) is 46.0 Å². The van der Waals surface area contributed by atoms with Gasteiger partial charge in [-0.25, -0.2) is 4.79 Å². The molecule has 134 valence electrons. The van der Waals surface area contributed by atoms with Crippen molar-refractivity contribution < 1.29 is 19.1 Å². The van der Waals surface area contributed by atoms with Gasteiger partial charge in [-0.3, -0.25) is 4.79 Å². The molecule has 0 saturated heterocycles. The summed E-state index contributed by atoms with van der Waals surface area (Å²) >= 11 is 0. The fourth-order valence-electron chi connectivity index (χ4n) is 5.65. The van der Waals surface area contributed by atoms with Gasteiger partial charge in [-0.2, -0.15) is 0 Å². The first-order valence-electron chi connectivity index (χ1n) is 9.27. The molecule has 0 aromatic rings. The lowest BCUT2D eigenvalue weighted by Crippen LogP contribution is -2.45. The normalized spacial score (nSPS) is 41.9. The number of rotatable bonds is 1. The van der Waals surface area contributed by atoms with Gasteiger partial charge in [0.2, 0.25) is 0 Å². The molecule has 0 heterocycles. The van der Waals surface area contributed by atoms with Crippen LogP contribution in [-0.2, 0) is 14.3 Å². The Bertz CT molecular complexity index is 715. The molecular formula is C21H26O4. The minimum Gasteiger partial charge on any atom is -0.438 e. The fourth-order valence-corrected chi connectivity index (χ4v) is 5.65. The third-order valence-corrected chi connectivity index (χ3v) is 7.23. The van der Waals surface area contributed by atoms with Crippen LogP contribution in [0.2, 0.25) is 0 Å². The van der Waals surface area contributed by atoms with E-state index < -0.39 is 6.16 Å². The van der Waals surface area contributed by atoms with E-state index in [4.69, 9.17) is 9.47 Å². The lowest BCUT2D eigenvalue weighted by atomic mass is 9.54. The van der Waals surface area contributed by atoms with Crippen molar-refractivity contribution in [2.45, 2.75) is 52.1 Å². The molecule has 1 fully saturated rings. The third kappa shape index (κ3) is 2.33. The van der Waals surface area contributed by atoms with Crippen molar-refractivity contribution in [3.63, 3.8) is 0 Å². The van der Waals surface area contributed by atoms with Crippen molar-refractivity contribution in [3.8, 4) is 0 Å². The van der Waals surface area contributed by atoms with E-state index in [2.05, 4.69) is 32.1 Å². The molecule has 4 nitrogen and oxygen atoms in total. The molecular weight excluding hydrogens is 316 g/mol. The van der Waals surface area contributed by atoms with Gasteiger partial charge in [-0.05, 0) is 43.3 Å². The van der Waals surface area contributed by atoms with Gasteiger partial charge in [0.1, 0.15) is 6.10 Å². The molecule has 4 aliphatic rings. The zero-order valence-corrected chi connectivity index (χ0v) is 15.2. The first-order valence-corrected chi connectivity index (χ1v) is 9.27. The van der Waals surface area contributed by atoms with Crippen LogP contribution in [0.25, 0.3) is 0 Å². The van der Waals surface area contributed by atoms with Gasteiger partial charge in [-0.15, -0.1) is 0 Å². The van der Waals surface area contributed by atoms with E-state index >= 15 is 0 Å². The van der Waals surface area contributed by atoms with E-state index in [1.807, 2.05) is 6.08 Å². The van der Waals surface area contributed by atoms with E-state index in [1.165, 1.54) is 12.7 Å². The summed E-state index contributed by atoms with van der Waals surface area (Å²) < 4.78 is 10.3. The Balaban J connectivity index is 1.68. The Hall–Kier alpha value is -1.84. The zero-order valence-electron chi connectivity index (χ0n) is 15.2. The highest BCUT2D eigenvalue weighted by Crippen LogP contribution is 2.61. The maximum absolute atomic E-state index is 11.8. The number of ether oxygens (including phenoxy) is 2. The monoisotopic (exact) mass is 342 g/mol. The number of carbonyl (C=O) groups excluding carboxylic acids is 2. The molecule has 0 aromatic carbocycles. The summed E-state index contributed by atoms with van der Waals surface area (Å²) in [4.78, 5) is 23.5. The number of methoxy groups -OCH3 is 1. The number of hydrogen-bond acceptors (Lipinski definition) is 4. The van der Waals surface area contributed by atoms with Crippen molar-refractivity contribution in [2.75, 3.05) is 7.11 Å². The second-order valence-electron chi connectivity index (χ2n) is 8.40. The Kier molecular flexibility index (Phi) is 3.71. The van der Waals surface area contributed by atoms with Gasteiger partial charge < -0.3 is 9.47 Å². The largest absolute Gasteiger partial charge is 0.508 e. The summed E-state index contributed by atoms with van der Waals surface area (Å²) in [5.41, 5.74) is 2.57. The summed E-state index contributed by atoms with van der Waals surface area (Å²) in [7, 11) is 1.36. The predicted octanol–water partition coefficient (Wildman–Crippen LogP) is 4.37. The molecule has 0 N–H and O–H groups in total. The number of carbonyl (C=O) groups is 2. The maximum atomic E-state index is 11.8. The quantitative estimate of drug-likeness (QED) is 0.524. The van der Waals surface area contributed by atoms with Gasteiger partial charge in [0.25, 0.3) is 0 Å². The van der Waals surface area contributed by atoms with E-state index in [1.54, 1.807) is 0 Å². The standard InChI is InChI=1S/C21H26O4/c1-20-10-8-14(22)12-13(20)4-5-15-16-6-7-18(25-19(23)24-3)21(16,2)11-9-17(15)20/h4-5,9,12,15-16,18H,6-8,10-11H2,1-3H3/t15?,16?,18?,20-,21-/m0/s1. The van der Waals surface area contributed by atoms with Crippen LogP contribution >= 0.6 is 0 Å². The summed E-state index contributed by atoms with van der Waals surface area (Å²) in [6, 6.07) is 0. The smallest absolute Gasteiger partial charge is 0.438 e. The maximum Gasteiger partial charge on any atom is 0.508 e. The van der Waals surface area contributed by atoms with Crippen molar-refractivity contribution in [3.05, 3.63) is 35.5 Å². The van der Waals surface area contributed by atoms with E-state index in [-0.39, 0.29) is 22.7 Å². The first kappa shape index (κ1) is 16.6. The van der Waals surface area contributed by atoms with Gasteiger partial charge >= 0.3 is 6.16 Å². The molecule has 4 heteroatoms. The van der Waals surface area contributed by atoms with Crippen molar-refractivity contribution in [1.82, 2.24) is 0 Å². The van der Waals surface area contributed by atoms with Gasteiger partial charge in [-0.1, -0.05) is 37.6 Å². The van der Waals surface area contributed by atoms with E-state index in [0.29, 0.717) is 18.3 Å². The van der Waals surface area contributed by atoms with Crippen molar-refractivity contribution in [1.29, 1.82) is 0 Å². The molecule has 0 spiro atoms. The number of fused-ring (bicyclic) bond motifs is 5. The Labute approximate surface area is 148 Å². The zero-order chi connectivity index (χ0) is 17.8. The van der Waals surface area contributed by atoms with Crippen LogP contribution in [0.15, 0.2) is 35.5 Å². The molecule has 0 aromatic heterocycles. The average Bonchev–Trinajstić information content (AvgIpc) is 2.92. The van der Waals surface area contributed by atoms with Crippen LogP contribution in [-0.4, -0.2) is 25.2 Å². The molecule has 0 amide bonds. The highest BCUT2D eigenvalue weighted by atomic mass is 16.7. The predicted molar refractivity (Wildman–Crippen MR) is 93.9 cm³/mol. The molecule has 0 bridgehead atoms. The molecule has 4 aliphatic carbocycles. The first-order chi connectivity index (χ1) is 11.9. The Morgan fingerprint density at radius 3 is 2.84 bits per heavy atom. The van der Waals surface area contributed by atoms with Crippen molar-refractivity contribution >= 4 is 11.9 Å². The van der Waals surface area contributed by atoms with Gasteiger partial charge in [0.05, 0.1) is 7.11 Å². The Morgan fingerprint density at radius 2 is 2.08 bits per heavy atom. The SMILES string of the molecule is COC(=O)OC1CCC2C3C=CC4=CC(=O)CC[C@]4(C)C3=CC[C@]12C. The third-order valence-electron chi connectivity index (χ3n) is 7.23. The van der Waals surface area contributed by atoms with Crippen LogP contribution in [0.3, 0.4) is 0 Å². The van der Waals surface area contributed by atoms with Gasteiger partial charge in [0.15, 0.2) is 5.78 Å². The number of hydrogen-bond donors (Lipinski definition) is 0. The highest BCUT2D eigenvalue weighted by molar-refractivity contribution is 5.92. The van der Waals surface area contributed by atoms with Crippen LogP contribution in [0.4, 0.5) is 4.79 Å². The molecule has 1 saturated carbocycles. The molecule has 3 unspecified atom stereocenters. The lowest BCUT2D eigenvalue weighted by Gasteiger charge is -2.50. The van der Waals surface area contributed by atoms with Crippen LogP contribution in [0.5, 0.6) is 0 Å². The second-order valence-corrected chi connectivity index (χ2v) is 8.40. The minimum atomic E-state index is -0.580. The fraction of sp³-hybridized carbons (Fsp3) is 0.619. The average molecular weight is 342 g/mol. The lowest BCUT2D eigenvalue weighted by molar-refractivity contribution is -0.115. The minimum absolute atomic E-state index is 0.0179. The van der Waals surface area contributed by atoms with Crippen molar-refractivity contribution in [2.24, 2.45) is 22.7 Å². The highest BCUT2D eigenvalue weighted by Gasteiger charge is 2.56. The Morgan fingerprint density at radius 1 is 1.28 bits per heavy atom. The summed E-state index contributed by atoms with van der Waals surface area (Å²) in [5, 5.41) is 0. The van der Waals surface area contributed by atoms with Crippen LogP contribution < -0.4 is 0 Å². The molecule has 0 aliphatic heterocycles. The molecule has 5 atom stereocenters. The van der Waals surface area contributed by atoms with Crippen LogP contribution in [0, 0.1) is 22.7 Å². The van der Waals surface area contributed by atoms with E-state index in [0.717, 1.165) is 31.3 Å². The number of allylic oxidation sites excluding steroid dienone is 6. The van der Waals surface area contributed by atoms with E-state index in [9.17, 15) is 9.59 Å². The second kappa shape index (κ2) is 5.58. The summed E-state index contributed by atoms with van der Waals surface area (Å²) in [6.45, 7) is 4.53. The number of ketones is 1. The topological polar surface area (TPSA) is 52.6 Å². The molecule has 0 radical (unpaired) electrons. The summed E-state index contributed by atoms with van der Waals surface area (Å²) in [6.07, 6.45) is 12.4. The molecule has 4 rings (SSSR count). The molecule has 25 heavy (non-hydrogen) atoms. The summed E-state index contributed by atoms with van der Waals surface area (Å²) in [5.74, 6) is 1.08.